The van der Waals surface area contributed by atoms with E-state index in [2.05, 4.69) is 15.0 Å². The Labute approximate surface area is 141 Å². The van der Waals surface area contributed by atoms with Crippen LogP contribution in [0, 0.1) is 0 Å². The number of hydrogen-bond acceptors (Lipinski definition) is 5. The van der Waals surface area contributed by atoms with Gasteiger partial charge in [-0.05, 0) is 38.1 Å². The van der Waals surface area contributed by atoms with Gasteiger partial charge in [0.1, 0.15) is 11.3 Å². The molecule has 0 bridgehead atoms. The maximum absolute atomic E-state index is 12.0. The summed E-state index contributed by atoms with van der Waals surface area (Å²) in [6, 6.07) is 9.70. The lowest BCUT2D eigenvalue weighted by Crippen LogP contribution is -2.23. The Kier molecular flexibility index (Phi) is 5.75. The molecule has 1 heterocycles. The van der Waals surface area contributed by atoms with Crippen LogP contribution in [0.5, 0.6) is 11.6 Å². The van der Waals surface area contributed by atoms with Gasteiger partial charge in [-0.25, -0.2) is 13.4 Å². The van der Waals surface area contributed by atoms with Crippen molar-refractivity contribution in [3.8, 4) is 11.6 Å². The Balaban J connectivity index is 2.25. The standard InChI is InChI=1S/C16H19N3O4S/c1-3-17-15(20)14-9-6-10-18-16(14)23-13-8-5-7-12(11-13)19-24(21,22)4-2/h5-11,19H,3-4H2,1-2H3,(H,17,20). The first-order chi connectivity index (χ1) is 11.4. The zero-order valence-corrected chi connectivity index (χ0v) is 14.3. The quantitative estimate of drug-likeness (QED) is 0.800. The topological polar surface area (TPSA) is 97.4 Å². The maximum atomic E-state index is 12.0. The molecule has 0 aliphatic rings. The zero-order valence-electron chi connectivity index (χ0n) is 13.4. The lowest BCUT2D eigenvalue weighted by molar-refractivity contribution is 0.0953. The van der Waals surface area contributed by atoms with Gasteiger partial charge in [0.15, 0.2) is 0 Å². The van der Waals surface area contributed by atoms with E-state index in [4.69, 9.17) is 4.74 Å². The second-order valence-electron chi connectivity index (χ2n) is 4.85. The average molecular weight is 349 g/mol. The highest BCUT2D eigenvalue weighted by Crippen LogP contribution is 2.25. The Bertz CT molecular complexity index is 822. The van der Waals surface area contributed by atoms with Crippen LogP contribution in [0.3, 0.4) is 0 Å². The number of rotatable bonds is 7. The van der Waals surface area contributed by atoms with Crippen molar-refractivity contribution in [3.05, 3.63) is 48.2 Å². The van der Waals surface area contributed by atoms with Gasteiger partial charge in [0.2, 0.25) is 15.9 Å². The monoisotopic (exact) mass is 349 g/mol. The van der Waals surface area contributed by atoms with Crippen LogP contribution in [0.15, 0.2) is 42.6 Å². The SMILES string of the molecule is CCNC(=O)c1cccnc1Oc1cccc(NS(=O)(=O)CC)c1. The Hall–Kier alpha value is -2.61. The van der Waals surface area contributed by atoms with Crippen molar-refractivity contribution in [2.75, 3.05) is 17.0 Å². The normalized spacial score (nSPS) is 10.9. The fourth-order valence-electron chi connectivity index (χ4n) is 1.89. The molecule has 2 N–H and O–H groups in total. The van der Waals surface area contributed by atoms with Crippen LogP contribution in [0.2, 0.25) is 0 Å². The molecule has 0 aliphatic heterocycles. The minimum absolute atomic E-state index is 0.0281. The molecule has 1 aromatic carbocycles. The lowest BCUT2D eigenvalue weighted by Gasteiger charge is -2.11. The molecule has 2 aromatic rings. The van der Waals surface area contributed by atoms with Gasteiger partial charge in [0.25, 0.3) is 5.91 Å². The van der Waals surface area contributed by atoms with Crippen molar-refractivity contribution in [3.63, 3.8) is 0 Å². The molecule has 128 valence electrons. The second-order valence-corrected chi connectivity index (χ2v) is 6.86. The van der Waals surface area contributed by atoms with E-state index >= 15 is 0 Å². The van der Waals surface area contributed by atoms with Gasteiger partial charge < -0.3 is 10.1 Å². The van der Waals surface area contributed by atoms with E-state index in [1.165, 1.54) is 12.3 Å². The number of hydrogen-bond donors (Lipinski definition) is 2. The predicted molar refractivity (Wildman–Crippen MR) is 91.8 cm³/mol. The molecule has 7 nitrogen and oxygen atoms in total. The van der Waals surface area contributed by atoms with Crippen LogP contribution in [-0.4, -0.2) is 31.6 Å². The molecule has 2 rings (SSSR count). The third-order valence-electron chi connectivity index (χ3n) is 3.06. The number of carbonyl (C=O) groups excluding carboxylic acids is 1. The van der Waals surface area contributed by atoms with Crippen LogP contribution in [0.1, 0.15) is 24.2 Å². The van der Waals surface area contributed by atoms with Crippen LogP contribution < -0.4 is 14.8 Å². The molecule has 0 fully saturated rings. The highest BCUT2D eigenvalue weighted by atomic mass is 32.2. The molecule has 1 amide bonds. The minimum atomic E-state index is -3.38. The summed E-state index contributed by atoms with van der Waals surface area (Å²) in [5.41, 5.74) is 0.684. The van der Waals surface area contributed by atoms with Gasteiger partial charge in [-0.2, -0.15) is 0 Å². The van der Waals surface area contributed by atoms with Crippen molar-refractivity contribution >= 4 is 21.6 Å². The summed E-state index contributed by atoms with van der Waals surface area (Å²) in [7, 11) is -3.38. The lowest BCUT2D eigenvalue weighted by atomic mass is 10.2. The minimum Gasteiger partial charge on any atom is -0.438 e. The van der Waals surface area contributed by atoms with Gasteiger partial charge in [0.05, 0.1) is 11.4 Å². The molecule has 24 heavy (non-hydrogen) atoms. The third-order valence-corrected chi connectivity index (χ3v) is 4.36. The molecule has 8 heteroatoms. The van der Waals surface area contributed by atoms with E-state index in [0.29, 0.717) is 23.5 Å². The van der Waals surface area contributed by atoms with Crippen molar-refractivity contribution in [1.82, 2.24) is 10.3 Å². The largest absolute Gasteiger partial charge is 0.438 e. The highest BCUT2D eigenvalue weighted by Gasteiger charge is 2.14. The summed E-state index contributed by atoms with van der Waals surface area (Å²) in [5.74, 6) is 0.206. The number of aromatic nitrogens is 1. The molecule has 1 aromatic heterocycles. The Morgan fingerprint density at radius 2 is 2.00 bits per heavy atom. The third kappa shape index (κ3) is 4.69. The summed E-state index contributed by atoms with van der Waals surface area (Å²) in [4.78, 5) is 16.1. The number of ether oxygens (including phenoxy) is 1. The summed E-state index contributed by atoms with van der Waals surface area (Å²) in [5, 5.41) is 2.69. The fourth-order valence-corrected chi connectivity index (χ4v) is 2.52. The van der Waals surface area contributed by atoms with E-state index in [0.717, 1.165) is 0 Å². The first-order valence-corrected chi connectivity index (χ1v) is 9.12. The number of sulfonamides is 1. The molecule has 0 saturated carbocycles. The van der Waals surface area contributed by atoms with E-state index in [1.54, 1.807) is 37.3 Å². The fraction of sp³-hybridized carbons (Fsp3) is 0.250. The van der Waals surface area contributed by atoms with Gasteiger partial charge in [-0.15, -0.1) is 0 Å². The summed E-state index contributed by atoms with van der Waals surface area (Å²) in [6.07, 6.45) is 1.52. The summed E-state index contributed by atoms with van der Waals surface area (Å²) < 4.78 is 31.4. The number of pyridine rings is 1. The highest BCUT2D eigenvalue weighted by molar-refractivity contribution is 7.92. The molecule has 0 atom stereocenters. The second kappa shape index (κ2) is 7.78. The number of benzene rings is 1. The van der Waals surface area contributed by atoms with E-state index in [1.807, 2.05) is 6.92 Å². The van der Waals surface area contributed by atoms with Crippen molar-refractivity contribution in [2.45, 2.75) is 13.8 Å². The van der Waals surface area contributed by atoms with Gasteiger partial charge in [0, 0.05) is 18.8 Å². The van der Waals surface area contributed by atoms with Gasteiger partial charge in [-0.3, -0.25) is 9.52 Å². The van der Waals surface area contributed by atoms with Crippen LogP contribution in [0.25, 0.3) is 0 Å². The van der Waals surface area contributed by atoms with Gasteiger partial charge in [-0.1, -0.05) is 6.07 Å². The Morgan fingerprint density at radius 3 is 2.71 bits per heavy atom. The van der Waals surface area contributed by atoms with Crippen LogP contribution in [-0.2, 0) is 10.0 Å². The zero-order chi connectivity index (χ0) is 17.6. The summed E-state index contributed by atoms with van der Waals surface area (Å²) >= 11 is 0. The molecule has 0 spiro atoms. The molecular formula is C16H19N3O4S. The number of nitrogens with zero attached hydrogens (tertiary/aromatic N) is 1. The molecular weight excluding hydrogens is 330 g/mol. The van der Waals surface area contributed by atoms with Crippen molar-refractivity contribution in [2.24, 2.45) is 0 Å². The predicted octanol–water partition coefficient (Wildman–Crippen LogP) is 2.39. The van der Waals surface area contributed by atoms with E-state index in [9.17, 15) is 13.2 Å². The van der Waals surface area contributed by atoms with Crippen LogP contribution >= 0.6 is 0 Å². The van der Waals surface area contributed by atoms with E-state index < -0.39 is 10.0 Å². The summed E-state index contributed by atoms with van der Waals surface area (Å²) in [6.45, 7) is 3.86. The van der Waals surface area contributed by atoms with Crippen molar-refractivity contribution < 1.29 is 17.9 Å². The van der Waals surface area contributed by atoms with Crippen LogP contribution in [0.4, 0.5) is 5.69 Å². The maximum Gasteiger partial charge on any atom is 0.256 e. The number of nitrogens with one attached hydrogen (secondary N) is 2. The molecule has 0 aliphatic carbocycles. The number of amides is 1. The smallest absolute Gasteiger partial charge is 0.256 e. The molecule has 0 radical (unpaired) electrons. The molecule has 0 unspecified atom stereocenters. The van der Waals surface area contributed by atoms with E-state index in [-0.39, 0.29) is 17.5 Å². The number of anilines is 1. The van der Waals surface area contributed by atoms with Gasteiger partial charge >= 0.3 is 0 Å². The number of carbonyl (C=O) groups is 1. The first-order valence-electron chi connectivity index (χ1n) is 7.46. The van der Waals surface area contributed by atoms with Crippen molar-refractivity contribution in [1.29, 1.82) is 0 Å². The average Bonchev–Trinajstić information content (AvgIpc) is 2.55. The Morgan fingerprint density at radius 1 is 1.21 bits per heavy atom. The molecule has 0 saturated heterocycles. The first kappa shape index (κ1) is 17.7.